The van der Waals surface area contributed by atoms with Crippen molar-refractivity contribution >= 4 is 43.9 Å². The molecule has 168 valence electrons. The maximum atomic E-state index is 12.9. The molecule has 1 unspecified atom stereocenters. The Morgan fingerprint density at radius 3 is 2.77 bits per heavy atom. The van der Waals surface area contributed by atoms with Gasteiger partial charge in [0.15, 0.2) is 4.34 Å². The predicted octanol–water partition coefficient (Wildman–Crippen LogP) is 3.36. The molecular weight excluding hydrogens is 462 g/mol. The molecule has 2 aliphatic heterocycles. The molecule has 0 aliphatic carbocycles. The largest absolute Gasteiger partial charge is 0.376 e. The zero-order chi connectivity index (χ0) is 21.8. The molecule has 1 N–H and O–H groups in total. The van der Waals surface area contributed by atoms with E-state index >= 15 is 0 Å². The Kier molecular flexibility index (Phi) is 7.06. The van der Waals surface area contributed by atoms with E-state index in [2.05, 4.69) is 15.5 Å². The SMILES string of the molecule is O=[N+]([O-])c1cc(S(=O)(=O)N2CCCCC2)ccc1Sc1nnc(NCC2CCCO2)s1. The first-order valence-electron chi connectivity index (χ1n) is 10.1. The Hall–Kier alpha value is -1.80. The summed E-state index contributed by atoms with van der Waals surface area (Å²) < 4.78 is 33.2. The molecule has 31 heavy (non-hydrogen) atoms. The molecule has 1 aromatic heterocycles. The lowest BCUT2D eigenvalue weighted by atomic mass is 10.2. The van der Waals surface area contributed by atoms with E-state index in [1.54, 1.807) is 0 Å². The maximum absolute atomic E-state index is 12.9. The molecule has 2 aromatic rings. The van der Waals surface area contributed by atoms with Crippen LogP contribution in [0.1, 0.15) is 32.1 Å². The first kappa shape index (κ1) is 22.4. The third-order valence-corrected chi connectivity index (χ3v) is 9.08. The molecule has 0 bridgehead atoms. The minimum atomic E-state index is -3.75. The molecule has 0 amide bonds. The van der Waals surface area contributed by atoms with Crippen LogP contribution in [0.3, 0.4) is 0 Å². The fourth-order valence-electron chi connectivity index (χ4n) is 3.56. The zero-order valence-electron chi connectivity index (χ0n) is 16.7. The fourth-order valence-corrected chi connectivity index (χ4v) is 6.90. The number of piperidine rings is 1. The van der Waals surface area contributed by atoms with Crippen molar-refractivity contribution in [2.75, 3.05) is 31.6 Å². The van der Waals surface area contributed by atoms with Crippen LogP contribution in [0.25, 0.3) is 0 Å². The summed E-state index contributed by atoms with van der Waals surface area (Å²) in [6.45, 7) is 2.30. The number of benzene rings is 1. The number of nitro benzene ring substituents is 1. The molecule has 10 nitrogen and oxygen atoms in total. The Morgan fingerprint density at radius 1 is 1.26 bits per heavy atom. The molecule has 1 atom stereocenters. The van der Waals surface area contributed by atoms with Crippen LogP contribution in [0.4, 0.5) is 10.8 Å². The Balaban J connectivity index is 1.49. The smallest absolute Gasteiger partial charge is 0.284 e. The van der Waals surface area contributed by atoms with E-state index in [-0.39, 0.29) is 16.7 Å². The average Bonchev–Trinajstić information content (AvgIpc) is 3.45. The lowest BCUT2D eigenvalue weighted by Gasteiger charge is -2.25. The number of nitrogens with zero attached hydrogens (tertiary/aromatic N) is 4. The lowest BCUT2D eigenvalue weighted by Crippen LogP contribution is -2.35. The summed E-state index contributed by atoms with van der Waals surface area (Å²) in [7, 11) is -3.75. The van der Waals surface area contributed by atoms with Gasteiger partial charge in [0.2, 0.25) is 15.2 Å². The van der Waals surface area contributed by atoms with Gasteiger partial charge in [0.05, 0.1) is 20.8 Å². The van der Waals surface area contributed by atoms with Crippen molar-refractivity contribution in [1.82, 2.24) is 14.5 Å². The Labute approximate surface area is 188 Å². The van der Waals surface area contributed by atoms with Crippen molar-refractivity contribution < 1.29 is 18.1 Å². The number of ether oxygens (including phenoxy) is 1. The topological polar surface area (TPSA) is 128 Å². The van der Waals surface area contributed by atoms with Crippen molar-refractivity contribution in [3.8, 4) is 0 Å². The zero-order valence-corrected chi connectivity index (χ0v) is 19.2. The molecule has 4 rings (SSSR count). The highest BCUT2D eigenvalue weighted by Gasteiger charge is 2.29. The van der Waals surface area contributed by atoms with Gasteiger partial charge in [0.1, 0.15) is 0 Å². The van der Waals surface area contributed by atoms with Crippen LogP contribution in [-0.2, 0) is 14.8 Å². The van der Waals surface area contributed by atoms with Crippen LogP contribution < -0.4 is 5.32 Å². The van der Waals surface area contributed by atoms with Gasteiger partial charge >= 0.3 is 0 Å². The van der Waals surface area contributed by atoms with E-state index in [0.29, 0.717) is 34.0 Å². The number of sulfonamides is 1. The van der Waals surface area contributed by atoms with Crippen LogP contribution >= 0.6 is 23.1 Å². The fraction of sp³-hybridized carbons (Fsp3) is 0.556. The minimum absolute atomic E-state index is 0.0540. The maximum Gasteiger partial charge on any atom is 0.284 e. The van der Waals surface area contributed by atoms with Gasteiger partial charge in [-0.05, 0) is 49.6 Å². The molecule has 1 aromatic carbocycles. The molecule has 0 saturated carbocycles. The quantitative estimate of drug-likeness (QED) is 0.442. The van der Waals surface area contributed by atoms with Gasteiger partial charge in [-0.3, -0.25) is 10.1 Å². The van der Waals surface area contributed by atoms with Crippen molar-refractivity contribution in [1.29, 1.82) is 0 Å². The van der Waals surface area contributed by atoms with Gasteiger partial charge in [0.25, 0.3) is 5.69 Å². The summed E-state index contributed by atoms with van der Waals surface area (Å²) in [6.07, 6.45) is 4.82. The summed E-state index contributed by atoms with van der Waals surface area (Å²) in [4.78, 5) is 11.4. The second-order valence-corrected chi connectivity index (χ2v) is 11.5. The number of hydrogen-bond acceptors (Lipinski definition) is 10. The first-order valence-corrected chi connectivity index (χ1v) is 13.2. The van der Waals surface area contributed by atoms with Gasteiger partial charge in [-0.15, -0.1) is 10.2 Å². The summed E-state index contributed by atoms with van der Waals surface area (Å²) in [5.41, 5.74) is -0.257. The second-order valence-electron chi connectivity index (χ2n) is 7.34. The van der Waals surface area contributed by atoms with E-state index < -0.39 is 14.9 Å². The van der Waals surface area contributed by atoms with Crippen LogP contribution in [0.15, 0.2) is 32.3 Å². The first-order chi connectivity index (χ1) is 14.9. The summed E-state index contributed by atoms with van der Waals surface area (Å²) in [5.74, 6) is 0. The monoisotopic (exact) mass is 485 g/mol. The summed E-state index contributed by atoms with van der Waals surface area (Å²) in [6, 6.07) is 4.04. The molecule has 2 saturated heterocycles. The van der Waals surface area contributed by atoms with Crippen molar-refractivity contribution in [3.63, 3.8) is 0 Å². The molecule has 0 radical (unpaired) electrons. The van der Waals surface area contributed by atoms with E-state index in [1.165, 1.54) is 27.8 Å². The Bertz CT molecular complexity index is 1030. The predicted molar refractivity (Wildman–Crippen MR) is 117 cm³/mol. The molecule has 2 aliphatic rings. The minimum Gasteiger partial charge on any atom is -0.376 e. The van der Waals surface area contributed by atoms with Crippen molar-refractivity contribution in [2.45, 2.75) is 52.3 Å². The van der Waals surface area contributed by atoms with Gasteiger partial charge in [-0.25, -0.2) is 8.42 Å². The van der Waals surface area contributed by atoms with Crippen LogP contribution in [-0.4, -0.2) is 60.2 Å². The number of nitro groups is 1. The molecular formula is C18H23N5O5S3. The lowest BCUT2D eigenvalue weighted by molar-refractivity contribution is -0.388. The molecule has 2 fully saturated rings. The highest BCUT2D eigenvalue weighted by Crippen LogP contribution is 2.38. The number of nitrogens with one attached hydrogen (secondary N) is 1. The van der Waals surface area contributed by atoms with Crippen LogP contribution in [0, 0.1) is 10.1 Å². The number of hydrogen-bond donors (Lipinski definition) is 1. The standard InChI is InChI=1S/C18H23N5O5S3/c24-23(25)15-11-14(31(26,27)22-8-2-1-3-9-22)6-7-16(15)29-18-21-20-17(30-18)19-12-13-5-4-10-28-13/h6-7,11,13H,1-5,8-10,12H2,(H,19,20). The average molecular weight is 486 g/mol. The van der Waals surface area contributed by atoms with E-state index in [4.69, 9.17) is 4.74 Å². The normalized spacial score (nSPS) is 20.1. The number of aromatic nitrogens is 2. The second kappa shape index (κ2) is 9.77. The van der Waals surface area contributed by atoms with E-state index in [9.17, 15) is 18.5 Å². The van der Waals surface area contributed by atoms with Gasteiger partial charge < -0.3 is 10.1 Å². The Morgan fingerprint density at radius 2 is 2.06 bits per heavy atom. The highest BCUT2D eigenvalue weighted by atomic mass is 32.2. The van der Waals surface area contributed by atoms with Gasteiger partial charge in [-0.1, -0.05) is 17.8 Å². The summed E-state index contributed by atoms with van der Waals surface area (Å²) >= 11 is 2.39. The highest BCUT2D eigenvalue weighted by molar-refractivity contribution is 8.01. The van der Waals surface area contributed by atoms with Gasteiger partial charge in [-0.2, -0.15) is 4.31 Å². The van der Waals surface area contributed by atoms with E-state index in [1.807, 2.05) is 0 Å². The number of rotatable bonds is 8. The van der Waals surface area contributed by atoms with Crippen LogP contribution in [0.2, 0.25) is 0 Å². The van der Waals surface area contributed by atoms with Crippen molar-refractivity contribution in [2.24, 2.45) is 0 Å². The van der Waals surface area contributed by atoms with E-state index in [0.717, 1.165) is 56.5 Å². The van der Waals surface area contributed by atoms with Crippen molar-refractivity contribution in [3.05, 3.63) is 28.3 Å². The molecule has 0 spiro atoms. The van der Waals surface area contributed by atoms with Gasteiger partial charge in [0, 0.05) is 32.3 Å². The molecule has 3 heterocycles. The third kappa shape index (κ3) is 5.34. The van der Waals surface area contributed by atoms with Crippen LogP contribution in [0.5, 0.6) is 0 Å². The summed E-state index contributed by atoms with van der Waals surface area (Å²) in [5, 5.41) is 23.6. The molecule has 13 heteroatoms. The number of anilines is 1. The third-order valence-electron chi connectivity index (χ3n) is 5.19.